The molecule has 0 unspecified atom stereocenters. The second-order valence-corrected chi connectivity index (χ2v) is 4.53. The second kappa shape index (κ2) is 7.70. The van der Waals surface area contributed by atoms with Gasteiger partial charge in [-0.2, -0.15) is 0 Å². The van der Waals surface area contributed by atoms with Gasteiger partial charge in [-0.3, -0.25) is 4.90 Å². The Morgan fingerprint density at radius 1 is 1.18 bits per heavy atom. The smallest absolute Gasteiger partial charge is 0.0236 e. The van der Waals surface area contributed by atoms with Gasteiger partial charge in [0.2, 0.25) is 0 Å². The van der Waals surface area contributed by atoms with E-state index in [-0.39, 0.29) is 12.4 Å². The predicted octanol–water partition coefficient (Wildman–Crippen LogP) is 2.68. The van der Waals surface area contributed by atoms with E-state index in [0.717, 1.165) is 19.1 Å². The Labute approximate surface area is 111 Å². The summed E-state index contributed by atoms with van der Waals surface area (Å²) < 4.78 is 0. The number of halogens is 1. The van der Waals surface area contributed by atoms with Crippen LogP contribution < -0.4 is 5.32 Å². The lowest BCUT2D eigenvalue weighted by Gasteiger charge is -2.33. The average Bonchev–Trinajstić information content (AvgIpc) is 2.38. The van der Waals surface area contributed by atoms with Crippen LogP contribution in [0.1, 0.15) is 25.3 Å². The van der Waals surface area contributed by atoms with Gasteiger partial charge in [-0.05, 0) is 38.0 Å². The zero-order valence-corrected chi connectivity index (χ0v) is 11.4. The number of rotatable bonds is 4. The third kappa shape index (κ3) is 4.30. The van der Waals surface area contributed by atoms with Gasteiger partial charge in [0.05, 0.1) is 0 Å². The first-order valence-corrected chi connectivity index (χ1v) is 6.39. The van der Waals surface area contributed by atoms with Gasteiger partial charge in [0, 0.05) is 12.6 Å². The molecule has 2 rings (SSSR count). The van der Waals surface area contributed by atoms with Crippen LogP contribution in [0.2, 0.25) is 0 Å². The molecule has 2 nitrogen and oxygen atoms in total. The van der Waals surface area contributed by atoms with Crippen LogP contribution in [0.25, 0.3) is 0 Å². The molecule has 17 heavy (non-hydrogen) atoms. The van der Waals surface area contributed by atoms with Crippen molar-refractivity contribution in [3.63, 3.8) is 0 Å². The molecule has 3 heteroatoms. The summed E-state index contributed by atoms with van der Waals surface area (Å²) in [7, 11) is 0. The average molecular weight is 255 g/mol. The summed E-state index contributed by atoms with van der Waals surface area (Å²) in [5.74, 6) is 0. The number of nitrogens with one attached hydrogen (secondary N) is 1. The van der Waals surface area contributed by atoms with Crippen LogP contribution in [0.5, 0.6) is 0 Å². The molecule has 96 valence electrons. The molecule has 0 saturated carbocycles. The van der Waals surface area contributed by atoms with Crippen molar-refractivity contribution >= 4 is 12.4 Å². The Morgan fingerprint density at radius 2 is 1.82 bits per heavy atom. The minimum Gasteiger partial charge on any atom is -0.317 e. The van der Waals surface area contributed by atoms with E-state index in [0.29, 0.717) is 0 Å². The van der Waals surface area contributed by atoms with E-state index in [2.05, 4.69) is 47.5 Å². The molecule has 1 aliphatic rings. The third-order valence-corrected chi connectivity index (χ3v) is 3.46. The molecule has 0 spiro atoms. The summed E-state index contributed by atoms with van der Waals surface area (Å²) in [5, 5.41) is 3.43. The van der Waals surface area contributed by atoms with E-state index < -0.39 is 0 Å². The van der Waals surface area contributed by atoms with Gasteiger partial charge < -0.3 is 5.32 Å². The quantitative estimate of drug-likeness (QED) is 0.889. The largest absolute Gasteiger partial charge is 0.317 e. The SMILES string of the molecule is CCN(Cc1ccccc1)C1CCNCC1.Cl. The van der Waals surface area contributed by atoms with E-state index >= 15 is 0 Å². The lowest BCUT2D eigenvalue weighted by molar-refractivity contribution is 0.162. The fraction of sp³-hybridized carbons (Fsp3) is 0.571. The van der Waals surface area contributed by atoms with Gasteiger partial charge in [-0.1, -0.05) is 37.3 Å². The van der Waals surface area contributed by atoms with E-state index in [9.17, 15) is 0 Å². The van der Waals surface area contributed by atoms with Crippen LogP contribution in [0.15, 0.2) is 30.3 Å². The number of hydrogen-bond acceptors (Lipinski definition) is 2. The summed E-state index contributed by atoms with van der Waals surface area (Å²) in [6.45, 7) is 6.87. The zero-order chi connectivity index (χ0) is 11.2. The fourth-order valence-corrected chi connectivity index (χ4v) is 2.49. The van der Waals surface area contributed by atoms with Gasteiger partial charge in [-0.25, -0.2) is 0 Å². The molecular formula is C14H23ClN2. The van der Waals surface area contributed by atoms with Crippen molar-refractivity contribution in [3.05, 3.63) is 35.9 Å². The van der Waals surface area contributed by atoms with Gasteiger partial charge in [0.15, 0.2) is 0 Å². The second-order valence-electron chi connectivity index (χ2n) is 4.53. The van der Waals surface area contributed by atoms with Crippen molar-refractivity contribution in [3.8, 4) is 0 Å². The molecule has 1 N–H and O–H groups in total. The maximum Gasteiger partial charge on any atom is 0.0236 e. The van der Waals surface area contributed by atoms with Crippen molar-refractivity contribution in [2.24, 2.45) is 0 Å². The standard InChI is InChI=1S/C14H22N2.ClH/c1-2-16(14-8-10-15-11-9-14)12-13-6-4-3-5-7-13;/h3-7,14-15H,2,8-12H2,1H3;1H. The Hall–Kier alpha value is -0.570. The lowest BCUT2D eigenvalue weighted by Crippen LogP contribution is -2.42. The number of piperidine rings is 1. The van der Waals surface area contributed by atoms with Crippen LogP contribution in [0.3, 0.4) is 0 Å². The van der Waals surface area contributed by atoms with Crippen LogP contribution in [-0.2, 0) is 6.54 Å². The molecule has 1 aliphatic heterocycles. The summed E-state index contributed by atoms with van der Waals surface area (Å²) >= 11 is 0. The summed E-state index contributed by atoms with van der Waals surface area (Å²) in [4.78, 5) is 2.61. The van der Waals surface area contributed by atoms with Crippen LogP contribution in [0.4, 0.5) is 0 Å². The van der Waals surface area contributed by atoms with E-state index in [1.807, 2.05) is 0 Å². The summed E-state index contributed by atoms with van der Waals surface area (Å²) in [6.07, 6.45) is 2.58. The zero-order valence-electron chi connectivity index (χ0n) is 10.6. The van der Waals surface area contributed by atoms with Crippen molar-refractivity contribution < 1.29 is 0 Å². The maximum absolute atomic E-state index is 3.43. The van der Waals surface area contributed by atoms with Gasteiger partial charge in [-0.15, -0.1) is 12.4 Å². The Morgan fingerprint density at radius 3 is 2.41 bits per heavy atom. The molecule has 1 fully saturated rings. The van der Waals surface area contributed by atoms with Crippen molar-refractivity contribution in [2.75, 3.05) is 19.6 Å². The molecule has 1 aromatic carbocycles. The molecule has 0 amide bonds. The van der Waals surface area contributed by atoms with Crippen LogP contribution in [0, 0.1) is 0 Å². The first-order chi connectivity index (χ1) is 7.90. The fourth-order valence-electron chi connectivity index (χ4n) is 2.49. The number of nitrogens with zero attached hydrogens (tertiary/aromatic N) is 1. The highest BCUT2D eigenvalue weighted by Crippen LogP contribution is 2.15. The molecule has 0 radical (unpaired) electrons. The molecule has 1 heterocycles. The molecule has 1 saturated heterocycles. The molecule has 1 aromatic rings. The topological polar surface area (TPSA) is 15.3 Å². The van der Waals surface area contributed by atoms with E-state index in [1.165, 1.54) is 31.5 Å². The maximum atomic E-state index is 3.43. The summed E-state index contributed by atoms with van der Waals surface area (Å²) in [6, 6.07) is 11.6. The molecular weight excluding hydrogens is 232 g/mol. The number of benzene rings is 1. The van der Waals surface area contributed by atoms with Crippen LogP contribution >= 0.6 is 12.4 Å². The first kappa shape index (κ1) is 14.5. The van der Waals surface area contributed by atoms with Crippen molar-refractivity contribution in [2.45, 2.75) is 32.4 Å². The Bertz CT molecular complexity index is 296. The van der Waals surface area contributed by atoms with Crippen molar-refractivity contribution in [1.29, 1.82) is 0 Å². The monoisotopic (exact) mass is 254 g/mol. The van der Waals surface area contributed by atoms with E-state index in [1.54, 1.807) is 0 Å². The molecule has 0 aliphatic carbocycles. The highest BCUT2D eigenvalue weighted by Gasteiger charge is 2.19. The minimum absolute atomic E-state index is 0. The molecule has 0 aromatic heterocycles. The highest BCUT2D eigenvalue weighted by atomic mass is 35.5. The van der Waals surface area contributed by atoms with Gasteiger partial charge >= 0.3 is 0 Å². The highest BCUT2D eigenvalue weighted by molar-refractivity contribution is 5.85. The van der Waals surface area contributed by atoms with Crippen LogP contribution in [-0.4, -0.2) is 30.6 Å². The van der Waals surface area contributed by atoms with E-state index in [4.69, 9.17) is 0 Å². The Balaban J connectivity index is 0.00000144. The van der Waals surface area contributed by atoms with Crippen molar-refractivity contribution in [1.82, 2.24) is 10.2 Å². The lowest BCUT2D eigenvalue weighted by atomic mass is 10.0. The normalized spacial score (nSPS) is 16.8. The molecule has 0 bridgehead atoms. The molecule has 0 atom stereocenters. The summed E-state index contributed by atoms with van der Waals surface area (Å²) in [5.41, 5.74) is 1.43. The third-order valence-electron chi connectivity index (χ3n) is 3.46. The van der Waals surface area contributed by atoms with Gasteiger partial charge in [0.1, 0.15) is 0 Å². The minimum atomic E-state index is 0. The predicted molar refractivity (Wildman–Crippen MR) is 75.7 cm³/mol. The number of hydrogen-bond donors (Lipinski definition) is 1. The van der Waals surface area contributed by atoms with Gasteiger partial charge in [0.25, 0.3) is 0 Å². The first-order valence-electron chi connectivity index (χ1n) is 6.39. The Kier molecular flexibility index (Phi) is 6.56.